The number of rotatable bonds is 3. The molecule has 1 aliphatic rings. The van der Waals surface area contributed by atoms with Gasteiger partial charge in [0.2, 0.25) is 0 Å². The Kier molecular flexibility index (Phi) is 3.38. The van der Waals surface area contributed by atoms with Crippen molar-refractivity contribution < 1.29 is 4.74 Å². The molecule has 1 aromatic heterocycles. The third-order valence-electron chi connectivity index (χ3n) is 2.54. The zero-order chi connectivity index (χ0) is 10.7. The van der Waals surface area contributed by atoms with E-state index in [4.69, 9.17) is 16.3 Å². The topological polar surface area (TPSA) is 47.0 Å². The number of hydrogen-bond acceptors (Lipinski definition) is 4. The summed E-state index contributed by atoms with van der Waals surface area (Å²) in [5, 5.41) is 3.73. The van der Waals surface area contributed by atoms with Gasteiger partial charge in [0.1, 0.15) is 17.3 Å². The Morgan fingerprint density at radius 1 is 1.60 bits per heavy atom. The number of nitrogens with zero attached hydrogens (tertiary/aromatic N) is 2. The fourth-order valence-corrected chi connectivity index (χ4v) is 1.76. The van der Waals surface area contributed by atoms with E-state index in [1.165, 1.54) is 6.33 Å². The van der Waals surface area contributed by atoms with E-state index in [0.717, 1.165) is 37.4 Å². The van der Waals surface area contributed by atoms with Crippen LogP contribution in [0.25, 0.3) is 0 Å². The molecule has 2 heterocycles. The summed E-state index contributed by atoms with van der Waals surface area (Å²) in [6.45, 7) is 3.56. The lowest BCUT2D eigenvalue weighted by Crippen LogP contribution is -2.19. The molecule has 82 valence electrons. The Morgan fingerprint density at radius 3 is 3.20 bits per heavy atom. The average Bonchev–Trinajstić information content (AvgIpc) is 2.73. The summed E-state index contributed by atoms with van der Waals surface area (Å²) in [5.41, 5.74) is 0.886. The monoisotopic (exact) mass is 227 g/mol. The van der Waals surface area contributed by atoms with Crippen molar-refractivity contribution in [2.45, 2.75) is 25.9 Å². The molecule has 0 radical (unpaired) electrons. The minimum Gasteiger partial charge on any atom is -0.376 e. The smallest absolute Gasteiger partial charge is 0.137 e. The van der Waals surface area contributed by atoms with Gasteiger partial charge in [0, 0.05) is 18.7 Å². The molecule has 1 fully saturated rings. The van der Waals surface area contributed by atoms with Crippen molar-refractivity contribution in [1.29, 1.82) is 0 Å². The number of anilines is 1. The van der Waals surface area contributed by atoms with Crippen LogP contribution in [0, 0.1) is 6.92 Å². The quantitative estimate of drug-likeness (QED) is 0.803. The maximum Gasteiger partial charge on any atom is 0.137 e. The van der Waals surface area contributed by atoms with Gasteiger partial charge in [-0.2, -0.15) is 0 Å². The fraction of sp³-hybridized carbons (Fsp3) is 0.600. The van der Waals surface area contributed by atoms with Crippen molar-refractivity contribution in [1.82, 2.24) is 9.97 Å². The van der Waals surface area contributed by atoms with Crippen molar-refractivity contribution in [2.75, 3.05) is 18.5 Å². The summed E-state index contributed by atoms with van der Waals surface area (Å²) in [5.74, 6) is 0.797. The highest BCUT2D eigenvalue weighted by Crippen LogP contribution is 2.19. The first-order chi connectivity index (χ1) is 7.27. The largest absolute Gasteiger partial charge is 0.376 e. The molecule has 1 saturated heterocycles. The molecule has 1 N–H and O–H groups in total. The molecule has 0 saturated carbocycles. The van der Waals surface area contributed by atoms with Crippen molar-refractivity contribution in [2.24, 2.45) is 0 Å². The molecule has 1 aliphatic heterocycles. The molecule has 0 aliphatic carbocycles. The molecule has 0 spiro atoms. The molecule has 15 heavy (non-hydrogen) atoms. The molecular weight excluding hydrogens is 214 g/mol. The normalized spacial score (nSPS) is 20.5. The van der Waals surface area contributed by atoms with Gasteiger partial charge in [-0.05, 0) is 19.8 Å². The number of nitrogens with one attached hydrogen (secondary N) is 1. The van der Waals surface area contributed by atoms with E-state index in [1.54, 1.807) is 0 Å². The minimum absolute atomic E-state index is 0.304. The second-order valence-electron chi connectivity index (χ2n) is 3.65. The Balaban J connectivity index is 1.95. The van der Waals surface area contributed by atoms with E-state index >= 15 is 0 Å². The SMILES string of the molecule is Cc1c(Cl)ncnc1NCC1CCCO1. The fourth-order valence-electron chi connectivity index (χ4n) is 1.62. The lowest BCUT2D eigenvalue weighted by Gasteiger charge is -2.12. The zero-order valence-corrected chi connectivity index (χ0v) is 9.42. The highest BCUT2D eigenvalue weighted by atomic mass is 35.5. The average molecular weight is 228 g/mol. The van der Waals surface area contributed by atoms with E-state index in [2.05, 4.69) is 15.3 Å². The van der Waals surface area contributed by atoms with Gasteiger partial charge in [0.15, 0.2) is 0 Å². The minimum atomic E-state index is 0.304. The van der Waals surface area contributed by atoms with Gasteiger partial charge in [-0.25, -0.2) is 9.97 Å². The molecule has 2 rings (SSSR count). The van der Waals surface area contributed by atoms with Crippen LogP contribution in [0.5, 0.6) is 0 Å². The number of halogens is 1. The molecule has 4 nitrogen and oxygen atoms in total. The predicted octanol–water partition coefficient (Wildman–Crippen LogP) is 2.03. The number of aromatic nitrogens is 2. The van der Waals surface area contributed by atoms with Crippen LogP contribution in [0.15, 0.2) is 6.33 Å². The number of hydrogen-bond donors (Lipinski definition) is 1. The van der Waals surface area contributed by atoms with E-state index < -0.39 is 0 Å². The van der Waals surface area contributed by atoms with Gasteiger partial charge in [-0.15, -0.1) is 0 Å². The molecule has 0 aromatic carbocycles. The first-order valence-electron chi connectivity index (χ1n) is 5.10. The Hall–Kier alpha value is -0.870. The van der Waals surface area contributed by atoms with Gasteiger partial charge in [0.25, 0.3) is 0 Å². The van der Waals surface area contributed by atoms with Gasteiger partial charge in [-0.3, -0.25) is 0 Å². The lowest BCUT2D eigenvalue weighted by molar-refractivity contribution is 0.120. The summed E-state index contributed by atoms with van der Waals surface area (Å²) >= 11 is 5.89. The second kappa shape index (κ2) is 4.77. The van der Waals surface area contributed by atoms with E-state index in [-0.39, 0.29) is 0 Å². The Morgan fingerprint density at radius 2 is 2.47 bits per heavy atom. The van der Waals surface area contributed by atoms with E-state index in [9.17, 15) is 0 Å². The first kappa shape index (κ1) is 10.6. The number of ether oxygens (including phenoxy) is 1. The van der Waals surface area contributed by atoms with Crippen LogP contribution in [-0.4, -0.2) is 29.2 Å². The Bertz CT molecular complexity index is 339. The standard InChI is InChI=1S/C10H14ClN3O/c1-7-9(11)13-6-14-10(7)12-5-8-3-2-4-15-8/h6,8H,2-5H2,1H3,(H,12,13,14). The van der Waals surface area contributed by atoms with Crippen molar-refractivity contribution in [3.05, 3.63) is 17.0 Å². The van der Waals surface area contributed by atoms with Crippen LogP contribution in [0.4, 0.5) is 5.82 Å². The zero-order valence-electron chi connectivity index (χ0n) is 8.66. The Labute approximate surface area is 94.0 Å². The molecular formula is C10H14ClN3O. The van der Waals surface area contributed by atoms with Gasteiger partial charge in [-0.1, -0.05) is 11.6 Å². The van der Waals surface area contributed by atoms with Crippen molar-refractivity contribution in [3.63, 3.8) is 0 Å². The highest BCUT2D eigenvalue weighted by molar-refractivity contribution is 6.30. The third-order valence-corrected chi connectivity index (χ3v) is 2.92. The van der Waals surface area contributed by atoms with Crippen LogP contribution in [0.3, 0.4) is 0 Å². The van der Waals surface area contributed by atoms with E-state index in [0.29, 0.717) is 11.3 Å². The van der Waals surface area contributed by atoms with Crippen LogP contribution in [0.1, 0.15) is 18.4 Å². The first-order valence-corrected chi connectivity index (χ1v) is 5.47. The summed E-state index contributed by atoms with van der Waals surface area (Å²) in [6.07, 6.45) is 4.03. The molecule has 5 heteroatoms. The highest BCUT2D eigenvalue weighted by Gasteiger charge is 2.15. The lowest BCUT2D eigenvalue weighted by atomic mass is 10.2. The third kappa shape index (κ3) is 2.58. The van der Waals surface area contributed by atoms with Gasteiger partial charge in [0.05, 0.1) is 6.10 Å². The predicted molar refractivity (Wildman–Crippen MR) is 59.2 cm³/mol. The van der Waals surface area contributed by atoms with Crippen LogP contribution < -0.4 is 5.32 Å². The van der Waals surface area contributed by atoms with Crippen LogP contribution in [-0.2, 0) is 4.74 Å². The maximum absolute atomic E-state index is 5.89. The molecule has 1 atom stereocenters. The van der Waals surface area contributed by atoms with Crippen LogP contribution in [0.2, 0.25) is 5.15 Å². The van der Waals surface area contributed by atoms with Crippen LogP contribution >= 0.6 is 11.6 Å². The molecule has 1 aromatic rings. The van der Waals surface area contributed by atoms with Gasteiger partial charge >= 0.3 is 0 Å². The molecule has 1 unspecified atom stereocenters. The summed E-state index contributed by atoms with van der Waals surface area (Å²) < 4.78 is 5.51. The van der Waals surface area contributed by atoms with E-state index in [1.807, 2.05) is 6.92 Å². The summed E-state index contributed by atoms with van der Waals surface area (Å²) in [7, 11) is 0. The van der Waals surface area contributed by atoms with Crippen molar-refractivity contribution >= 4 is 17.4 Å². The summed E-state index contributed by atoms with van der Waals surface area (Å²) in [6, 6.07) is 0. The maximum atomic E-state index is 5.89. The van der Waals surface area contributed by atoms with Crippen molar-refractivity contribution in [3.8, 4) is 0 Å². The molecule has 0 bridgehead atoms. The summed E-state index contributed by atoms with van der Waals surface area (Å²) in [4.78, 5) is 8.04. The molecule has 0 amide bonds. The van der Waals surface area contributed by atoms with Gasteiger partial charge < -0.3 is 10.1 Å². The second-order valence-corrected chi connectivity index (χ2v) is 4.01.